The van der Waals surface area contributed by atoms with Gasteiger partial charge in [-0.25, -0.2) is 4.98 Å². The molecule has 0 aliphatic rings. The summed E-state index contributed by atoms with van der Waals surface area (Å²) < 4.78 is 3.54. The fraction of sp³-hybridized carbons (Fsp3) is 0. The van der Waals surface area contributed by atoms with Crippen LogP contribution < -0.4 is 0 Å². The summed E-state index contributed by atoms with van der Waals surface area (Å²) in [5.41, 5.74) is 1.49. The molecule has 0 saturated heterocycles. The zero-order valence-electron chi connectivity index (χ0n) is 3.29. The van der Waals surface area contributed by atoms with Crippen LogP contribution in [0.15, 0.2) is 5.51 Å². The molecule has 1 heterocycles. The maximum absolute atomic E-state index is 9.62. The lowest BCUT2D eigenvalue weighted by Crippen LogP contribution is -1.78. The maximum Gasteiger partial charge on any atom is 0.275 e. The Morgan fingerprint density at radius 1 is 1.86 bits per heavy atom. The SMILES string of the molecule is O=[C]c1ncsn1. The van der Waals surface area contributed by atoms with Gasteiger partial charge in [-0.1, -0.05) is 0 Å². The molecule has 0 aliphatic heterocycles. The second-order valence-corrected chi connectivity index (χ2v) is 1.46. The minimum absolute atomic E-state index is 0.144. The first kappa shape index (κ1) is 4.39. The van der Waals surface area contributed by atoms with Crippen LogP contribution in [-0.2, 0) is 4.79 Å². The predicted octanol–water partition coefficient (Wildman–Crippen LogP) is -0.00410. The zero-order chi connectivity index (χ0) is 5.11. The van der Waals surface area contributed by atoms with Crippen molar-refractivity contribution in [3.05, 3.63) is 11.3 Å². The fourth-order valence-electron chi connectivity index (χ4n) is 0.216. The van der Waals surface area contributed by atoms with Gasteiger partial charge in [0.15, 0.2) is 0 Å². The molecule has 0 amide bonds. The summed E-state index contributed by atoms with van der Waals surface area (Å²) in [6, 6.07) is 0. The number of hydrogen-bond acceptors (Lipinski definition) is 4. The summed E-state index contributed by atoms with van der Waals surface area (Å²) in [6.45, 7) is 0. The van der Waals surface area contributed by atoms with E-state index in [2.05, 4.69) is 9.36 Å². The Labute approximate surface area is 44.2 Å². The van der Waals surface area contributed by atoms with Gasteiger partial charge in [-0.05, 0) is 11.5 Å². The molecule has 1 aromatic heterocycles. The van der Waals surface area contributed by atoms with Crippen molar-refractivity contribution in [2.75, 3.05) is 0 Å². The van der Waals surface area contributed by atoms with Crippen molar-refractivity contribution in [2.45, 2.75) is 0 Å². The van der Waals surface area contributed by atoms with Crippen molar-refractivity contribution < 1.29 is 4.79 Å². The van der Waals surface area contributed by atoms with Crippen LogP contribution >= 0.6 is 11.5 Å². The third-order valence-electron chi connectivity index (χ3n) is 0.453. The average Bonchev–Trinajstić information content (AvgIpc) is 2.14. The highest BCUT2D eigenvalue weighted by molar-refractivity contribution is 7.03. The molecular formula is C3HN2OS. The summed E-state index contributed by atoms with van der Waals surface area (Å²) in [6.07, 6.45) is 1.55. The van der Waals surface area contributed by atoms with Gasteiger partial charge in [-0.3, -0.25) is 4.79 Å². The molecule has 0 bridgehead atoms. The van der Waals surface area contributed by atoms with Gasteiger partial charge in [0.1, 0.15) is 5.51 Å². The van der Waals surface area contributed by atoms with Gasteiger partial charge < -0.3 is 0 Å². The van der Waals surface area contributed by atoms with Crippen LogP contribution in [0.2, 0.25) is 0 Å². The third-order valence-corrected chi connectivity index (χ3v) is 0.931. The van der Waals surface area contributed by atoms with E-state index in [1.54, 1.807) is 6.29 Å². The normalized spacial score (nSPS) is 8.57. The second-order valence-electron chi connectivity index (χ2n) is 0.857. The lowest BCUT2D eigenvalue weighted by atomic mass is 10.7. The van der Waals surface area contributed by atoms with Crippen LogP contribution in [0.5, 0.6) is 0 Å². The summed E-state index contributed by atoms with van der Waals surface area (Å²) in [5.74, 6) is 0.144. The fourth-order valence-corrected chi connectivity index (χ4v) is 0.594. The molecular weight excluding hydrogens is 112 g/mol. The quantitative estimate of drug-likeness (QED) is 0.514. The van der Waals surface area contributed by atoms with Crippen molar-refractivity contribution in [3.63, 3.8) is 0 Å². The van der Waals surface area contributed by atoms with Crippen LogP contribution in [0.1, 0.15) is 5.82 Å². The van der Waals surface area contributed by atoms with E-state index < -0.39 is 0 Å². The summed E-state index contributed by atoms with van der Waals surface area (Å²) >= 11 is 1.14. The molecule has 0 aliphatic carbocycles. The smallest absolute Gasteiger partial charge is 0.275 e. The Morgan fingerprint density at radius 2 is 2.71 bits per heavy atom. The van der Waals surface area contributed by atoms with Crippen LogP contribution in [0, 0.1) is 0 Å². The van der Waals surface area contributed by atoms with Crippen molar-refractivity contribution >= 4 is 17.8 Å². The van der Waals surface area contributed by atoms with Gasteiger partial charge in [0.05, 0.1) is 0 Å². The molecule has 0 unspecified atom stereocenters. The van der Waals surface area contributed by atoms with E-state index in [4.69, 9.17) is 0 Å². The average molecular weight is 113 g/mol. The maximum atomic E-state index is 9.62. The van der Waals surface area contributed by atoms with E-state index in [1.165, 1.54) is 5.51 Å². The van der Waals surface area contributed by atoms with E-state index in [1.807, 2.05) is 0 Å². The van der Waals surface area contributed by atoms with Gasteiger partial charge in [0.2, 0.25) is 5.82 Å². The van der Waals surface area contributed by atoms with E-state index in [0.29, 0.717) is 0 Å². The molecule has 7 heavy (non-hydrogen) atoms. The van der Waals surface area contributed by atoms with Crippen LogP contribution in [0.3, 0.4) is 0 Å². The van der Waals surface area contributed by atoms with Gasteiger partial charge in [-0.2, -0.15) is 4.37 Å². The molecule has 0 N–H and O–H groups in total. The van der Waals surface area contributed by atoms with Crippen LogP contribution in [-0.4, -0.2) is 15.6 Å². The minimum atomic E-state index is 0.144. The van der Waals surface area contributed by atoms with Gasteiger partial charge >= 0.3 is 0 Å². The van der Waals surface area contributed by atoms with E-state index in [9.17, 15) is 4.79 Å². The Hall–Kier alpha value is -0.770. The number of aromatic nitrogens is 2. The first-order chi connectivity index (χ1) is 3.43. The molecule has 0 saturated carbocycles. The number of carbonyl (C=O) groups excluding carboxylic acids is 1. The van der Waals surface area contributed by atoms with Crippen molar-refractivity contribution in [1.29, 1.82) is 0 Å². The van der Waals surface area contributed by atoms with E-state index in [0.717, 1.165) is 11.5 Å². The number of hydrogen-bond donors (Lipinski definition) is 0. The molecule has 1 radical (unpaired) electrons. The highest BCUT2D eigenvalue weighted by Crippen LogP contribution is 1.86. The van der Waals surface area contributed by atoms with Crippen LogP contribution in [0.25, 0.3) is 0 Å². The molecule has 1 rings (SSSR count). The molecule has 0 spiro atoms. The lowest BCUT2D eigenvalue weighted by molar-refractivity contribution is 0.560. The Balaban J connectivity index is 2.96. The summed E-state index contributed by atoms with van der Waals surface area (Å²) in [5, 5.41) is 0. The minimum Gasteiger partial charge on any atom is -0.281 e. The lowest BCUT2D eigenvalue weighted by Gasteiger charge is -1.61. The first-order valence-corrected chi connectivity index (χ1v) is 2.41. The van der Waals surface area contributed by atoms with Crippen LogP contribution in [0.4, 0.5) is 0 Å². The molecule has 0 aromatic carbocycles. The molecule has 4 heteroatoms. The Morgan fingerprint density at radius 3 is 3.00 bits per heavy atom. The third kappa shape index (κ3) is 0.806. The van der Waals surface area contributed by atoms with Gasteiger partial charge in [-0.15, -0.1) is 0 Å². The standard InChI is InChI=1S/C3HN2OS/c6-1-3-4-2-7-5-3/h2H. The van der Waals surface area contributed by atoms with E-state index in [-0.39, 0.29) is 5.82 Å². The van der Waals surface area contributed by atoms with Crippen molar-refractivity contribution in [2.24, 2.45) is 0 Å². The zero-order valence-corrected chi connectivity index (χ0v) is 4.10. The van der Waals surface area contributed by atoms with Gasteiger partial charge in [0.25, 0.3) is 6.29 Å². The molecule has 0 atom stereocenters. The van der Waals surface area contributed by atoms with Crippen molar-refractivity contribution in [3.8, 4) is 0 Å². The Kier molecular flexibility index (Phi) is 1.12. The number of nitrogens with zero attached hydrogens (tertiary/aromatic N) is 2. The summed E-state index contributed by atoms with van der Waals surface area (Å²) in [4.78, 5) is 13.1. The predicted molar refractivity (Wildman–Crippen MR) is 24.7 cm³/mol. The Bertz CT molecular complexity index is 148. The molecule has 35 valence electrons. The highest BCUT2D eigenvalue weighted by atomic mass is 32.1. The van der Waals surface area contributed by atoms with Gasteiger partial charge in [0, 0.05) is 0 Å². The second kappa shape index (κ2) is 1.79. The highest BCUT2D eigenvalue weighted by Gasteiger charge is 1.88. The van der Waals surface area contributed by atoms with E-state index >= 15 is 0 Å². The topological polar surface area (TPSA) is 42.9 Å². The first-order valence-electron chi connectivity index (χ1n) is 1.58. The largest absolute Gasteiger partial charge is 0.281 e. The molecule has 1 aromatic rings. The molecule has 0 fully saturated rings. The van der Waals surface area contributed by atoms with Crippen molar-refractivity contribution in [1.82, 2.24) is 9.36 Å². The molecule has 3 nitrogen and oxygen atoms in total. The monoisotopic (exact) mass is 113 g/mol. The number of rotatable bonds is 1. The summed E-state index contributed by atoms with van der Waals surface area (Å²) in [7, 11) is 0.